The van der Waals surface area contributed by atoms with Crippen LogP contribution in [0.1, 0.15) is 50.2 Å². The van der Waals surface area contributed by atoms with Crippen molar-refractivity contribution in [2.24, 2.45) is 5.92 Å². The smallest absolute Gasteiger partial charge is 0.251 e. The Labute approximate surface area is 116 Å². The van der Waals surface area contributed by atoms with Crippen LogP contribution in [-0.2, 0) is 6.42 Å². The van der Waals surface area contributed by atoms with Crippen LogP contribution < -0.4 is 10.6 Å². The van der Waals surface area contributed by atoms with E-state index < -0.39 is 0 Å². The van der Waals surface area contributed by atoms with Gasteiger partial charge < -0.3 is 10.6 Å². The first-order valence-corrected chi connectivity index (χ1v) is 7.01. The number of carbonyl (C=O) groups excluding carboxylic acids is 1. The number of carbonyl (C=O) groups is 1. The molecule has 1 aromatic rings. The van der Waals surface area contributed by atoms with Crippen LogP contribution in [0.3, 0.4) is 0 Å². The topological polar surface area (TPSA) is 54.0 Å². The van der Waals surface area contributed by atoms with Gasteiger partial charge in [0, 0.05) is 24.3 Å². The molecule has 0 radical (unpaired) electrons. The molecule has 0 aromatic carbocycles. The van der Waals surface area contributed by atoms with Crippen LogP contribution in [0.4, 0.5) is 5.82 Å². The third-order valence-electron chi connectivity index (χ3n) is 3.32. The summed E-state index contributed by atoms with van der Waals surface area (Å²) < 4.78 is 0. The van der Waals surface area contributed by atoms with Crippen LogP contribution >= 0.6 is 0 Å². The summed E-state index contributed by atoms with van der Waals surface area (Å²) in [5.74, 6) is 1.15. The lowest BCUT2D eigenvalue weighted by Gasteiger charge is -2.21. The van der Waals surface area contributed by atoms with Gasteiger partial charge in [0.05, 0.1) is 0 Å². The van der Waals surface area contributed by atoms with Crippen molar-refractivity contribution >= 4 is 11.7 Å². The maximum atomic E-state index is 12.3. The van der Waals surface area contributed by atoms with E-state index in [-0.39, 0.29) is 11.9 Å². The number of nitrogens with one attached hydrogen (secondary N) is 2. The summed E-state index contributed by atoms with van der Waals surface area (Å²) in [6, 6.07) is 3.87. The Morgan fingerprint density at radius 2 is 2.00 bits per heavy atom. The standard InChI is InChI=1S/C15H25N3O/c1-6-12-8-11(9-14(16-5)17-12)15(19)18-13(7-2)10(3)4/h8-10,13H,6-7H2,1-5H3,(H,16,17)(H,18,19). The Hall–Kier alpha value is -1.58. The van der Waals surface area contributed by atoms with Gasteiger partial charge in [0.25, 0.3) is 5.91 Å². The Balaban J connectivity index is 2.92. The fraction of sp³-hybridized carbons (Fsp3) is 0.600. The van der Waals surface area contributed by atoms with Crippen molar-refractivity contribution in [3.05, 3.63) is 23.4 Å². The van der Waals surface area contributed by atoms with Crippen LogP contribution in [0.15, 0.2) is 12.1 Å². The zero-order valence-electron chi connectivity index (χ0n) is 12.6. The molecule has 0 spiro atoms. The molecular formula is C15H25N3O. The summed E-state index contributed by atoms with van der Waals surface area (Å²) in [7, 11) is 1.81. The molecule has 0 saturated heterocycles. The molecule has 4 nitrogen and oxygen atoms in total. The summed E-state index contributed by atoms with van der Waals surface area (Å²) in [5, 5.41) is 6.09. The number of hydrogen-bond donors (Lipinski definition) is 2. The van der Waals surface area contributed by atoms with Gasteiger partial charge in [-0.2, -0.15) is 0 Å². The minimum Gasteiger partial charge on any atom is -0.373 e. The molecule has 1 aromatic heterocycles. The van der Waals surface area contributed by atoms with Gasteiger partial charge in [-0.3, -0.25) is 4.79 Å². The molecular weight excluding hydrogens is 238 g/mol. The fourth-order valence-electron chi connectivity index (χ4n) is 2.02. The highest BCUT2D eigenvalue weighted by atomic mass is 16.1. The Bertz CT molecular complexity index is 407. The second kappa shape index (κ2) is 7.12. The number of anilines is 1. The summed E-state index contributed by atoms with van der Waals surface area (Å²) in [4.78, 5) is 16.7. The maximum Gasteiger partial charge on any atom is 0.251 e. The van der Waals surface area contributed by atoms with E-state index in [4.69, 9.17) is 0 Å². The third kappa shape index (κ3) is 4.23. The first kappa shape index (κ1) is 15.5. The molecule has 4 heteroatoms. The van der Waals surface area contributed by atoms with E-state index in [0.29, 0.717) is 11.5 Å². The van der Waals surface area contributed by atoms with E-state index >= 15 is 0 Å². The average molecular weight is 263 g/mol. The molecule has 1 unspecified atom stereocenters. The molecule has 1 amide bonds. The molecule has 0 saturated carbocycles. The summed E-state index contributed by atoms with van der Waals surface area (Å²) >= 11 is 0. The molecule has 1 heterocycles. The van der Waals surface area contributed by atoms with Crippen molar-refractivity contribution in [2.75, 3.05) is 12.4 Å². The van der Waals surface area contributed by atoms with E-state index in [1.807, 2.05) is 20.0 Å². The second-order valence-electron chi connectivity index (χ2n) is 5.07. The Kier molecular flexibility index (Phi) is 5.80. The first-order valence-electron chi connectivity index (χ1n) is 7.01. The molecule has 2 N–H and O–H groups in total. The molecule has 19 heavy (non-hydrogen) atoms. The van der Waals surface area contributed by atoms with Crippen LogP contribution in [0.5, 0.6) is 0 Å². The van der Waals surface area contributed by atoms with Gasteiger partial charge in [0.2, 0.25) is 0 Å². The predicted molar refractivity (Wildman–Crippen MR) is 79.5 cm³/mol. The number of nitrogens with zero attached hydrogens (tertiary/aromatic N) is 1. The number of hydrogen-bond acceptors (Lipinski definition) is 3. The van der Waals surface area contributed by atoms with E-state index in [1.54, 1.807) is 6.07 Å². The molecule has 0 aliphatic carbocycles. The van der Waals surface area contributed by atoms with Gasteiger partial charge in [0.1, 0.15) is 5.82 Å². The summed E-state index contributed by atoms with van der Waals surface area (Å²) in [6.07, 6.45) is 1.76. The molecule has 0 fully saturated rings. The third-order valence-corrected chi connectivity index (χ3v) is 3.32. The minimum atomic E-state index is -0.0193. The highest BCUT2D eigenvalue weighted by Crippen LogP contribution is 2.12. The van der Waals surface area contributed by atoms with Crippen molar-refractivity contribution in [3.63, 3.8) is 0 Å². The van der Waals surface area contributed by atoms with Crippen molar-refractivity contribution in [2.45, 2.75) is 46.6 Å². The van der Waals surface area contributed by atoms with Crippen LogP contribution in [0, 0.1) is 5.92 Å². The number of aryl methyl sites for hydroxylation is 1. The fourth-order valence-corrected chi connectivity index (χ4v) is 2.02. The molecule has 0 aliphatic rings. The van der Waals surface area contributed by atoms with E-state index in [1.165, 1.54) is 0 Å². The number of aromatic nitrogens is 1. The molecule has 106 valence electrons. The van der Waals surface area contributed by atoms with Crippen LogP contribution in [0.2, 0.25) is 0 Å². The van der Waals surface area contributed by atoms with Crippen molar-refractivity contribution in [1.82, 2.24) is 10.3 Å². The highest BCUT2D eigenvalue weighted by molar-refractivity contribution is 5.95. The SMILES string of the molecule is CCc1cc(C(=O)NC(CC)C(C)C)cc(NC)n1. The summed E-state index contributed by atoms with van der Waals surface area (Å²) in [6.45, 7) is 8.37. The molecule has 0 bridgehead atoms. The van der Waals surface area contributed by atoms with E-state index in [2.05, 4.69) is 36.4 Å². The maximum absolute atomic E-state index is 12.3. The molecule has 0 aliphatic heterocycles. The van der Waals surface area contributed by atoms with Gasteiger partial charge in [-0.15, -0.1) is 0 Å². The normalized spacial score (nSPS) is 12.3. The average Bonchev–Trinajstić information content (AvgIpc) is 2.43. The zero-order chi connectivity index (χ0) is 14.4. The quantitative estimate of drug-likeness (QED) is 0.829. The van der Waals surface area contributed by atoms with Crippen molar-refractivity contribution in [1.29, 1.82) is 0 Å². The second-order valence-corrected chi connectivity index (χ2v) is 5.07. The van der Waals surface area contributed by atoms with Gasteiger partial charge in [0.15, 0.2) is 0 Å². The lowest BCUT2D eigenvalue weighted by Crippen LogP contribution is -2.38. The van der Waals surface area contributed by atoms with Crippen LogP contribution in [0.25, 0.3) is 0 Å². The number of pyridine rings is 1. The summed E-state index contributed by atoms with van der Waals surface area (Å²) in [5.41, 5.74) is 1.60. The highest BCUT2D eigenvalue weighted by Gasteiger charge is 2.16. The lowest BCUT2D eigenvalue weighted by atomic mass is 10.0. The van der Waals surface area contributed by atoms with Crippen molar-refractivity contribution < 1.29 is 4.79 Å². The number of amides is 1. The van der Waals surface area contributed by atoms with Gasteiger partial charge in [-0.1, -0.05) is 27.7 Å². The molecule has 1 atom stereocenters. The Morgan fingerprint density at radius 3 is 2.47 bits per heavy atom. The van der Waals surface area contributed by atoms with Crippen LogP contribution in [-0.4, -0.2) is 24.0 Å². The first-order chi connectivity index (χ1) is 9.01. The predicted octanol–water partition coefficient (Wildman–Crippen LogP) is 2.85. The van der Waals surface area contributed by atoms with Gasteiger partial charge >= 0.3 is 0 Å². The number of rotatable bonds is 6. The van der Waals surface area contributed by atoms with Crippen molar-refractivity contribution in [3.8, 4) is 0 Å². The largest absolute Gasteiger partial charge is 0.373 e. The Morgan fingerprint density at radius 1 is 1.32 bits per heavy atom. The van der Waals surface area contributed by atoms with Gasteiger partial charge in [-0.05, 0) is 30.9 Å². The monoisotopic (exact) mass is 263 g/mol. The van der Waals surface area contributed by atoms with E-state index in [9.17, 15) is 4.79 Å². The van der Waals surface area contributed by atoms with E-state index in [0.717, 1.165) is 24.4 Å². The molecule has 1 rings (SSSR count). The lowest BCUT2D eigenvalue weighted by molar-refractivity contribution is 0.0924. The van der Waals surface area contributed by atoms with Gasteiger partial charge in [-0.25, -0.2) is 4.98 Å². The zero-order valence-corrected chi connectivity index (χ0v) is 12.6. The minimum absolute atomic E-state index is 0.0193.